The minimum atomic E-state index is -0.490. The van der Waals surface area contributed by atoms with E-state index in [9.17, 15) is 9.59 Å². The number of aryl methyl sites for hydroxylation is 1. The fourth-order valence-corrected chi connectivity index (χ4v) is 2.21. The summed E-state index contributed by atoms with van der Waals surface area (Å²) in [6.45, 7) is 1.58. The Balaban J connectivity index is 2.28. The molecule has 0 radical (unpaired) electrons. The first-order valence-corrected chi connectivity index (χ1v) is 6.31. The molecular weight excluding hydrogens is 272 g/mol. The van der Waals surface area contributed by atoms with Crippen molar-refractivity contribution in [3.63, 3.8) is 0 Å². The van der Waals surface area contributed by atoms with E-state index in [0.29, 0.717) is 16.7 Å². The number of hydrogen-bond donors (Lipinski definition) is 0. The Kier molecular flexibility index (Phi) is 3.10. The number of fused-ring (bicyclic) bond motifs is 1. The fourth-order valence-electron chi connectivity index (χ4n) is 2.21. The highest BCUT2D eigenvalue weighted by molar-refractivity contribution is 6.08. The number of hydrogen-bond acceptors (Lipinski definition) is 5. The normalized spacial score (nSPS) is 10.8. The minimum absolute atomic E-state index is 0.0225. The topological polar surface area (TPSA) is 69.7 Å². The van der Waals surface area contributed by atoms with Gasteiger partial charge in [0.1, 0.15) is 22.7 Å². The molecule has 3 aromatic rings. The number of carbonyl (C=O) groups is 1. The number of furan rings is 1. The molecule has 0 amide bonds. The van der Waals surface area contributed by atoms with Gasteiger partial charge < -0.3 is 13.6 Å². The third-order valence-electron chi connectivity index (χ3n) is 3.25. The molecule has 0 atom stereocenters. The van der Waals surface area contributed by atoms with Crippen LogP contribution in [-0.4, -0.2) is 12.9 Å². The Labute approximate surface area is 119 Å². The molecule has 21 heavy (non-hydrogen) atoms. The van der Waals surface area contributed by atoms with Gasteiger partial charge in [-0.3, -0.25) is 9.59 Å². The second-order valence-electron chi connectivity index (χ2n) is 4.53. The minimum Gasteiger partial charge on any atom is -0.497 e. The lowest BCUT2D eigenvalue weighted by Crippen LogP contribution is -2.17. The average molecular weight is 284 g/mol. The number of ether oxygens (including phenoxy) is 1. The van der Waals surface area contributed by atoms with E-state index in [1.807, 2.05) is 0 Å². The van der Waals surface area contributed by atoms with Gasteiger partial charge in [0.25, 0.3) is 0 Å². The predicted molar refractivity (Wildman–Crippen MR) is 75.9 cm³/mol. The quantitative estimate of drug-likeness (QED) is 0.691. The molecule has 0 saturated carbocycles. The Hall–Kier alpha value is -2.82. The van der Waals surface area contributed by atoms with Crippen LogP contribution >= 0.6 is 0 Å². The van der Waals surface area contributed by atoms with E-state index in [2.05, 4.69) is 0 Å². The van der Waals surface area contributed by atoms with Crippen LogP contribution in [0.4, 0.5) is 0 Å². The summed E-state index contributed by atoms with van der Waals surface area (Å²) < 4.78 is 15.7. The van der Waals surface area contributed by atoms with Gasteiger partial charge in [-0.25, -0.2) is 0 Å². The van der Waals surface area contributed by atoms with Crippen molar-refractivity contribution < 1.29 is 18.4 Å². The average Bonchev–Trinajstić information content (AvgIpc) is 3.01. The summed E-state index contributed by atoms with van der Waals surface area (Å²) in [6.07, 6.45) is 1.38. The van der Waals surface area contributed by atoms with Crippen LogP contribution in [-0.2, 0) is 0 Å². The van der Waals surface area contributed by atoms with Gasteiger partial charge in [-0.1, -0.05) is 0 Å². The van der Waals surface area contributed by atoms with Gasteiger partial charge in [-0.2, -0.15) is 0 Å². The van der Waals surface area contributed by atoms with Crippen LogP contribution in [0, 0.1) is 6.92 Å². The molecule has 2 heterocycles. The van der Waals surface area contributed by atoms with Gasteiger partial charge >= 0.3 is 0 Å². The summed E-state index contributed by atoms with van der Waals surface area (Å²) in [6, 6.07) is 7.99. The number of rotatable bonds is 3. The molecule has 0 N–H and O–H groups in total. The summed E-state index contributed by atoms with van der Waals surface area (Å²) >= 11 is 0. The summed E-state index contributed by atoms with van der Waals surface area (Å²) in [5, 5.41) is 0.301. The van der Waals surface area contributed by atoms with Crippen LogP contribution in [0.25, 0.3) is 11.0 Å². The van der Waals surface area contributed by atoms with Crippen molar-refractivity contribution in [1.82, 2.24) is 0 Å². The van der Waals surface area contributed by atoms with E-state index in [1.165, 1.54) is 19.4 Å². The maximum Gasteiger partial charge on any atom is 0.235 e. The predicted octanol–water partition coefficient (Wildman–Crippen LogP) is 2.93. The molecule has 5 heteroatoms. The van der Waals surface area contributed by atoms with Crippen molar-refractivity contribution >= 4 is 16.8 Å². The summed E-state index contributed by atoms with van der Waals surface area (Å²) in [5.74, 6) is 0.401. The van der Waals surface area contributed by atoms with Crippen LogP contribution in [0.15, 0.2) is 50.2 Å². The van der Waals surface area contributed by atoms with Crippen LogP contribution in [0.3, 0.4) is 0 Å². The van der Waals surface area contributed by atoms with Crippen molar-refractivity contribution in [2.75, 3.05) is 7.11 Å². The lowest BCUT2D eigenvalue weighted by atomic mass is 10.1. The smallest absolute Gasteiger partial charge is 0.235 e. The van der Waals surface area contributed by atoms with Gasteiger partial charge in [0.05, 0.1) is 18.8 Å². The van der Waals surface area contributed by atoms with Crippen LogP contribution < -0.4 is 10.2 Å². The molecular formula is C16H12O5. The number of ketones is 1. The molecule has 0 fully saturated rings. The largest absolute Gasteiger partial charge is 0.497 e. The number of benzene rings is 1. The monoisotopic (exact) mass is 284 g/mol. The zero-order valence-electron chi connectivity index (χ0n) is 11.5. The second-order valence-corrected chi connectivity index (χ2v) is 4.53. The summed E-state index contributed by atoms with van der Waals surface area (Å²) in [4.78, 5) is 24.9. The third kappa shape index (κ3) is 2.12. The van der Waals surface area contributed by atoms with Crippen molar-refractivity contribution in [3.8, 4) is 5.75 Å². The van der Waals surface area contributed by atoms with Crippen LogP contribution in [0.5, 0.6) is 5.75 Å². The van der Waals surface area contributed by atoms with Crippen molar-refractivity contribution in [2.24, 2.45) is 0 Å². The van der Waals surface area contributed by atoms with Crippen molar-refractivity contribution in [1.29, 1.82) is 0 Å². The van der Waals surface area contributed by atoms with Crippen LogP contribution in [0.2, 0.25) is 0 Å². The fraction of sp³-hybridized carbons (Fsp3) is 0.125. The summed E-state index contributed by atoms with van der Waals surface area (Å²) in [7, 11) is 1.51. The van der Waals surface area contributed by atoms with E-state index in [0.717, 1.165) is 0 Å². The first kappa shape index (κ1) is 13.2. The first-order valence-electron chi connectivity index (χ1n) is 6.31. The zero-order chi connectivity index (χ0) is 15.0. The highest BCUT2D eigenvalue weighted by Crippen LogP contribution is 2.22. The molecule has 3 rings (SSSR count). The molecule has 0 saturated heterocycles. The Morgan fingerprint density at radius 1 is 1.24 bits per heavy atom. The number of methoxy groups -OCH3 is 1. The molecule has 5 nitrogen and oxygen atoms in total. The SMILES string of the molecule is COc1ccc2oc(C)c(C(=O)c3ccco3)c(=O)c2c1. The van der Waals surface area contributed by atoms with E-state index in [-0.39, 0.29) is 17.1 Å². The Morgan fingerprint density at radius 2 is 2.05 bits per heavy atom. The standard InChI is InChI=1S/C16H12O5/c1-9-14(16(18)13-4-3-7-20-13)15(17)11-8-10(19-2)5-6-12(11)21-9/h3-8H,1-2H3. The van der Waals surface area contributed by atoms with Gasteiger partial charge in [0.15, 0.2) is 5.76 Å². The third-order valence-corrected chi connectivity index (χ3v) is 3.25. The molecule has 0 aliphatic carbocycles. The molecule has 106 valence electrons. The van der Waals surface area contributed by atoms with E-state index in [4.69, 9.17) is 13.6 Å². The van der Waals surface area contributed by atoms with Gasteiger partial charge in [0.2, 0.25) is 11.2 Å². The molecule has 0 aliphatic heterocycles. The maximum absolute atomic E-state index is 12.6. The molecule has 2 aromatic heterocycles. The lowest BCUT2D eigenvalue weighted by molar-refractivity contribution is 0.101. The molecule has 0 aliphatic rings. The molecule has 1 aromatic carbocycles. The van der Waals surface area contributed by atoms with E-state index < -0.39 is 11.2 Å². The summed E-state index contributed by atoms with van der Waals surface area (Å²) in [5.41, 5.74) is -0.00551. The Bertz CT molecular complexity index is 872. The molecule has 0 spiro atoms. The molecule has 0 unspecified atom stereocenters. The van der Waals surface area contributed by atoms with Crippen molar-refractivity contribution in [2.45, 2.75) is 6.92 Å². The second kappa shape index (κ2) is 4.94. The van der Waals surface area contributed by atoms with Crippen LogP contribution in [0.1, 0.15) is 21.9 Å². The van der Waals surface area contributed by atoms with Crippen molar-refractivity contribution in [3.05, 3.63) is 63.9 Å². The lowest BCUT2D eigenvalue weighted by Gasteiger charge is -2.06. The van der Waals surface area contributed by atoms with Gasteiger partial charge in [-0.05, 0) is 37.3 Å². The Morgan fingerprint density at radius 3 is 2.71 bits per heavy atom. The van der Waals surface area contributed by atoms with E-state index in [1.54, 1.807) is 31.2 Å². The molecule has 0 bridgehead atoms. The van der Waals surface area contributed by atoms with Gasteiger partial charge in [-0.15, -0.1) is 0 Å². The zero-order valence-corrected chi connectivity index (χ0v) is 11.5. The first-order chi connectivity index (χ1) is 10.1. The highest BCUT2D eigenvalue weighted by Gasteiger charge is 2.22. The van der Waals surface area contributed by atoms with Gasteiger partial charge in [0, 0.05) is 0 Å². The van der Waals surface area contributed by atoms with E-state index >= 15 is 0 Å². The maximum atomic E-state index is 12.6. The highest BCUT2D eigenvalue weighted by atomic mass is 16.5. The number of carbonyl (C=O) groups excluding carboxylic acids is 1.